The van der Waals surface area contributed by atoms with Crippen LogP contribution in [0.3, 0.4) is 0 Å². The lowest BCUT2D eigenvalue weighted by Gasteiger charge is -2.30. The lowest BCUT2D eigenvalue weighted by atomic mass is 9.79. The van der Waals surface area contributed by atoms with E-state index in [1.165, 1.54) is 31.2 Å². The summed E-state index contributed by atoms with van der Waals surface area (Å²) in [5, 5.41) is 13.1. The lowest BCUT2D eigenvalue weighted by Crippen LogP contribution is -2.29. The van der Waals surface area contributed by atoms with Crippen LogP contribution in [0, 0.1) is 18.8 Å². The Balaban J connectivity index is 1.77. The van der Waals surface area contributed by atoms with Gasteiger partial charge in [0.05, 0.1) is 0 Å². The largest absolute Gasteiger partial charge is 0.481 e. The molecule has 0 aromatic heterocycles. The van der Waals surface area contributed by atoms with Gasteiger partial charge >= 0.3 is 5.97 Å². The number of unbranched alkanes of at least 4 members (excludes halogenated alkanes) is 1. The molecule has 0 spiro atoms. The normalized spacial score (nSPS) is 20.9. The molecular formula is C21H30ClNO2. The zero-order chi connectivity index (χ0) is 18.1. The molecule has 4 heteroatoms. The van der Waals surface area contributed by atoms with E-state index in [0.717, 1.165) is 36.5 Å². The molecule has 0 heterocycles. The van der Waals surface area contributed by atoms with Gasteiger partial charge in [0.1, 0.15) is 0 Å². The zero-order valence-corrected chi connectivity index (χ0v) is 15.9. The van der Waals surface area contributed by atoms with Crippen LogP contribution in [0.15, 0.2) is 30.4 Å². The Kier molecular flexibility index (Phi) is 8.50. The summed E-state index contributed by atoms with van der Waals surface area (Å²) < 4.78 is 0. The van der Waals surface area contributed by atoms with E-state index in [-0.39, 0.29) is 6.42 Å². The molecule has 25 heavy (non-hydrogen) atoms. The van der Waals surface area contributed by atoms with Crippen molar-refractivity contribution in [2.24, 2.45) is 11.8 Å². The number of hydrogen-bond acceptors (Lipinski definition) is 2. The maximum Gasteiger partial charge on any atom is 0.303 e. The Hall–Kier alpha value is -1.32. The van der Waals surface area contributed by atoms with Gasteiger partial charge in [-0.25, -0.2) is 0 Å². The van der Waals surface area contributed by atoms with Gasteiger partial charge in [-0.1, -0.05) is 48.7 Å². The molecule has 1 aliphatic rings. The molecule has 1 aromatic rings. The molecule has 138 valence electrons. The third-order valence-electron chi connectivity index (χ3n) is 5.04. The number of allylic oxidation sites excluding steroid dienone is 2. The van der Waals surface area contributed by atoms with Gasteiger partial charge < -0.3 is 10.4 Å². The first-order chi connectivity index (χ1) is 12.1. The van der Waals surface area contributed by atoms with Crippen LogP contribution in [0.4, 0.5) is 0 Å². The summed E-state index contributed by atoms with van der Waals surface area (Å²) in [5.74, 6) is 0.566. The van der Waals surface area contributed by atoms with Gasteiger partial charge in [0, 0.05) is 18.0 Å². The first kappa shape index (κ1) is 20.0. The molecular weight excluding hydrogens is 334 g/mol. The number of carboxylic acids is 1. The van der Waals surface area contributed by atoms with Gasteiger partial charge in [-0.2, -0.15) is 0 Å². The fraction of sp³-hybridized carbons (Fsp3) is 0.571. The standard InChI is InChI=1S/C21H30ClNO2/c1-16-11-12-19(20(22)13-16)15-23-14-18-9-6-5-8-17(18)7-3-2-4-10-21(24)25/h3,7,11-13,17-18,23H,2,4-6,8-10,14-15H2,1H3,(H,24,25)/b7-3-/t17-,18+/m0/s1. The molecule has 3 nitrogen and oxygen atoms in total. The number of hydrogen-bond donors (Lipinski definition) is 2. The monoisotopic (exact) mass is 363 g/mol. The number of nitrogens with one attached hydrogen (secondary N) is 1. The molecule has 2 rings (SSSR count). The van der Waals surface area contributed by atoms with E-state index in [1.54, 1.807) is 0 Å². The molecule has 0 radical (unpaired) electrons. The molecule has 0 aliphatic heterocycles. The number of aliphatic carboxylic acids is 1. The summed E-state index contributed by atoms with van der Waals surface area (Å²) in [5.41, 5.74) is 2.35. The minimum Gasteiger partial charge on any atom is -0.481 e. The highest BCUT2D eigenvalue weighted by molar-refractivity contribution is 6.31. The van der Waals surface area contributed by atoms with Crippen molar-refractivity contribution in [3.63, 3.8) is 0 Å². The highest BCUT2D eigenvalue weighted by Crippen LogP contribution is 2.31. The summed E-state index contributed by atoms with van der Waals surface area (Å²) in [6.45, 7) is 3.87. The average molecular weight is 364 g/mol. The van der Waals surface area contributed by atoms with Gasteiger partial charge in [0.15, 0.2) is 0 Å². The Morgan fingerprint density at radius 2 is 2.16 bits per heavy atom. The molecule has 1 saturated carbocycles. The zero-order valence-electron chi connectivity index (χ0n) is 15.1. The highest BCUT2D eigenvalue weighted by Gasteiger charge is 2.22. The van der Waals surface area contributed by atoms with E-state index in [1.807, 2.05) is 6.07 Å². The van der Waals surface area contributed by atoms with Crippen LogP contribution in [0.5, 0.6) is 0 Å². The summed E-state index contributed by atoms with van der Waals surface area (Å²) in [7, 11) is 0. The molecule has 2 N–H and O–H groups in total. The summed E-state index contributed by atoms with van der Waals surface area (Å²) >= 11 is 6.31. The van der Waals surface area contributed by atoms with Crippen LogP contribution in [-0.4, -0.2) is 17.6 Å². The maximum atomic E-state index is 10.6. The van der Waals surface area contributed by atoms with E-state index in [0.29, 0.717) is 11.8 Å². The van der Waals surface area contributed by atoms with Gasteiger partial charge in [-0.05, 0) is 68.2 Å². The summed E-state index contributed by atoms with van der Waals surface area (Å²) in [6.07, 6.45) is 11.5. The van der Waals surface area contributed by atoms with Gasteiger partial charge in [-0.3, -0.25) is 4.79 Å². The summed E-state index contributed by atoms with van der Waals surface area (Å²) in [6, 6.07) is 6.22. The van der Waals surface area contributed by atoms with Crippen molar-refractivity contribution in [3.05, 3.63) is 46.5 Å². The predicted octanol–water partition coefficient (Wildman–Crippen LogP) is 5.36. The van der Waals surface area contributed by atoms with E-state index < -0.39 is 5.97 Å². The van der Waals surface area contributed by atoms with Crippen LogP contribution in [0.2, 0.25) is 5.02 Å². The highest BCUT2D eigenvalue weighted by atomic mass is 35.5. The Bertz CT molecular complexity index is 585. The first-order valence-corrected chi connectivity index (χ1v) is 9.78. The van der Waals surface area contributed by atoms with E-state index in [9.17, 15) is 4.79 Å². The van der Waals surface area contributed by atoms with E-state index >= 15 is 0 Å². The van der Waals surface area contributed by atoms with Crippen LogP contribution in [-0.2, 0) is 11.3 Å². The number of halogens is 1. The molecule has 2 atom stereocenters. The molecule has 0 saturated heterocycles. The van der Waals surface area contributed by atoms with Crippen LogP contribution in [0.1, 0.15) is 56.1 Å². The number of benzene rings is 1. The second-order valence-corrected chi connectivity index (χ2v) is 7.56. The van der Waals surface area contributed by atoms with Gasteiger partial charge in [0.25, 0.3) is 0 Å². The fourth-order valence-corrected chi connectivity index (χ4v) is 3.88. The minimum absolute atomic E-state index is 0.261. The SMILES string of the molecule is Cc1ccc(CNC[C@H]2CCCC[C@@H]2/C=C\CCCC(=O)O)c(Cl)c1. The second kappa shape index (κ2) is 10.6. The quantitative estimate of drug-likeness (QED) is 0.459. The predicted molar refractivity (Wildman–Crippen MR) is 104 cm³/mol. The Labute approximate surface area is 156 Å². The van der Waals surface area contributed by atoms with Crippen molar-refractivity contribution in [2.45, 2.75) is 58.4 Å². The minimum atomic E-state index is -0.706. The smallest absolute Gasteiger partial charge is 0.303 e. The molecule has 1 fully saturated rings. The van der Waals surface area contributed by atoms with Gasteiger partial charge in [0.2, 0.25) is 0 Å². The third-order valence-corrected chi connectivity index (χ3v) is 5.39. The molecule has 1 aliphatic carbocycles. The van der Waals surface area contributed by atoms with E-state index in [2.05, 4.69) is 36.5 Å². The van der Waals surface area contributed by atoms with Crippen molar-refractivity contribution in [1.29, 1.82) is 0 Å². The Morgan fingerprint density at radius 1 is 1.36 bits per heavy atom. The first-order valence-electron chi connectivity index (χ1n) is 9.40. The van der Waals surface area contributed by atoms with E-state index in [4.69, 9.17) is 16.7 Å². The number of rotatable bonds is 9. The summed E-state index contributed by atoms with van der Waals surface area (Å²) in [4.78, 5) is 10.6. The topological polar surface area (TPSA) is 49.3 Å². The van der Waals surface area contributed by atoms with Crippen LogP contribution >= 0.6 is 11.6 Å². The van der Waals surface area contributed by atoms with Crippen LogP contribution < -0.4 is 5.32 Å². The van der Waals surface area contributed by atoms with Crippen LogP contribution in [0.25, 0.3) is 0 Å². The maximum absolute atomic E-state index is 10.6. The van der Waals surface area contributed by atoms with Gasteiger partial charge in [-0.15, -0.1) is 0 Å². The van der Waals surface area contributed by atoms with Crippen molar-refractivity contribution in [1.82, 2.24) is 5.32 Å². The molecule has 0 amide bonds. The van der Waals surface area contributed by atoms with Crippen molar-refractivity contribution in [3.8, 4) is 0 Å². The molecule has 1 aromatic carbocycles. The Morgan fingerprint density at radius 3 is 2.92 bits per heavy atom. The number of aryl methyl sites for hydroxylation is 1. The molecule has 0 unspecified atom stereocenters. The van der Waals surface area contributed by atoms with Crippen molar-refractivity contribution >= 4 is 17.6 Å². The third kappa shape index (κ3) is 7.21. The number of carbonyl (C=O) groups is 1. The molecule has 0 bridgehead atoms. The van der Waals surface area contributed by atoms with Crippen molar-refractivity contribution in [2.75, 3.05) is 6.54 Å². The number of carboxylic acid groups (broad SMARTS) is 1. The second-order valence-electron chi connectivity index (χ2n) is 7.15. The lowest BCUT2D eigenvalue weighted by molar-refractivity contribution is -0.137. The average Bonchev–Trinajstić information content (AvgIpc) is 2.57. The van der Waals surface area contributed by atoms with Crippen molar-refractivity contribution < 1.29 is 9.90 Å². The fourth-order valence-electron chi connectivity index (χ4n) is 3.57.